The lowest BCUT2D eigenvalue weighted by molar-refractivity contribution is -0.137. The Bertz CT molecular complexity index is 666. The number of amides is 1. The van der Waals surface area contributed by atoms with Gasteiger partial charge in [0.15, 0.2) is 0 Å². The summed E-state index contributed by atoms with van der Waals surface area (Å²) in [5, 5.41) is 12.3. The van der Waals surface area contributed by atoms with Gasteiger partial charge in [-0.1, -0.05) is 12.1 Å². The van der Waals surface area contributed by atoms with Gasteiger partial charge < -0.3 is 10.4 Å². The number of rotatable bonds is 4. The fraction of sp³-hybridized carbons (Fsp3) is 0.188. The van der Waals surface area contributed by atoms with Gasteiger partial charge in [-0.15, -0.1) is 0 Å². The van der Waals surface area contributed by atoms with E-state index in [4.69, 9.17) is 0 Å². The van der Waals surface area contributed by atoms with Crippen molar-refractivity contribution in [1.29, 1.82) is 0 Å². The summed E-state index contributed by atoms with van der Waals surface area (Å²) < 4.78 is 50.1. The van der Waals surface area contributed by atoms with Gasteiger partial charge in [-0.2, -0.15) is 13.2 Å². The predicted molar refractivity (Wildman–Crippen MR) is 75.1 cm³/mol. The Balaban J connectivity index is 1.95. The standard InChI is InChI=1S/C16H13F4NO2/c17-13-7-3-11(4-8-13)15(23)21-9-14(22)10-1-5-12(6-2-10)16(18,19)20/h1-8,14,22H,9H2,(H,21,23). The van der Waals surface area contributed by atoms with Crippen LogP contribution in [0.2, 0.25) is 0 Å². The molecule has 3 nitrogen and oxygen atoms in total. The molecular formula is C16H13F4NO2. The molecule has 0 saturated carbocycles. The second kappa shape index (κ2) is 6.78. The van der Waals surface area contributed by atoms with Crippen LogP contribution in [0.3, 0.4) is 0 Å². The molecule has 0 radical (unpaired) electrons. The molecule has 23 heavy (non-hydrogen) atoms. The molecule has 0 bridgehead atoms. The third-order valence-electron chi connectivity index (χ3n) is 3.19. The van der Waals surface area contributed by atoms with E-state index in [-0.39, 0.29) is 17.7 Å². The van der Waals surface area contributed by atoms with Crippen LogP contribution in [0.5, 0.6) is 0 Å². The molecular weight excluding hydrogens is 314 g/mol. The van der Waals surface area contributed by atoms with Crippen molar-refractivity contribution in [3.63, 3.8) is 0 Å². The molecule has 0 heterocycles. The van der Waals surface area contributed by atoms with E-state index in [1.807, 2.05) is 0 Å². The number of carbonyl (C=O) groups is 1. The number of halogens is 4. The van der Waals surface area contributed by atoms with Crippen LogP contribution in [0.1, 0.15) is 27.6 Å². The lowest BCUT2D eigenvalue weighted by Gasteiger charge is -2.13. The van der Waals surface area contributed by atoms with Crippen molar-refractivity contribution in [1.82, 2.24) is 5.32 Å². The first kappa shape index (κ1) is 17.0. The lowest BCUT2D eigenvalue weighted by atomic mass is 10.1. The fourth-order valence-corrected chi connectivity index (χ4v) is 1.90. The summed E-state index contributed by atoms with van der Waals surface area (Å²) in [4.78, 5) is 11.8. The quantitative estimate of drug-likeness (QED) is 0.847. The highest BCUT2D eigenvalue weighted by molar-refractivity contribution is 5.94. The van der Waals surface area contributed by atoms with E-state index in [9.17, 15) is 27.5 Å². The van der Waals surface area contributed by atoms with Crippen molar-refractivity contribution in [2.75, 3.05) is 6.54 Å². The Kier molecular flexibility index (Phi) is 5.00. The van der Waals surface area contributed by atoms with E-state index >= 15 is 0 Å². The monoisotopic (exact) mass is 327 g/mol. The molecule has 0 aliphatic carbocycles. The molecule has 0 aromatic heterocycles. The molecule has 0 spiro atoms. The Hall–Kier alpha value is -2.41. The van der Waals surface area contributed by atoms with E-state index in [2.05, 4.69) is 5.32 Å². The molecule has 7 heteroatoms. The summed E-state index contributed by atoms with van der Waals surface area (Å²) in [5.74, 6) is -0.998. The molecule has 2 rings (SSSR count). The number of nitrogens with one attached hydrogen (secondary N) is 1. The van der Waals surface area contributed by atoms with Crippen molar-refractivity contribution in [2.45, 2.75) is 12.3 Å². The van der Waals surface area contributed by atoms with Crippen LogP contribution in [0.25, 0.3) is 0 Å². The first-order valence-electron chi connectivity index (χ1n) is 6.66. The second-order valence-electron chi connectivity index (χ2n) is 4.85. The van der Waals surface area contributed by atoms with Crippen molar-refractivity contribution in [3.8, 4) is 0 Å². The minimum Gasteiger partial charge on any atom is -0.387 e. The average Bonchev–Trinajstić information content (AvgIpc) is 2.52. The Morgan fingerprint density at radius 1 is 1.04 bits per heavy atom. The maximum absolute atomic E-state index is 12.8. The zero-order valence-electron chi connectivity index (χ0n) is 11.8. The minimum atomic E-state index is -4.44. The van der Waals surface area contributed by atoms with E-state index in [0.717, 1.165) is 36.4 Å². The molecule has 122 valence electrons. The number of hydrogen-bond donors (Lipinski definition) is 2. The van der Waals surface area contributed by atoms with Gasteiger partial charge in [0.25, 0.3) is 5.91 Å². The minimum absolute atomic E-state index is 0.179. The van der Waals surface area contributed by atoms with Crippen LogP contribution in [-0.2, 0) is 6.18 Å². The van der Waals surface area contributed by atoms with Crippen LogP contribution in [0, 0.1) is 5.82 Å². The SMILES string of the molecule is O=C(NCC(O)c1ccc(C(F)(F)F)cc1)c1ccc(F)cc1. The summed E-state index contributed by atoms with van der Waals surface area (Å²) in [6.45, 7) is -0.179. The van der Waals surface area contributed by atoms with Gasteiger partial charge in [-0.3, -0.25) is 4.79 Å². The van der Waals surface area contributed by atoms with Crippen molar-refractivity contribution in [2.24, 2.45) is 0 Å². The molecule has 1 amide bonds. The summed E-state index contributed by atoms with van der Waals surface area (Å²) in [6, 6.07) is 8.85. The average molecular weight is 327 g/mol. The Labute approximate surface area is 129 Å². The largest absolute Gasteiger partial charge is 0.416 e. The molecule has 1 unspecified atom stereocenters. The van der Waals surface area contributed by atoms with Crippen LogP contribution in [0.15, 0.2) is 48.5 Å². The van der Waals surface area contributed by atoms with Crippen LogP contribution in [-0.4, -0.2) is 17.6 Å². The zero-order chi connectivity index (χ0) is 17.0. The molecule has 1 atom stereocenters. The highest BCUT2D eigenvalue weighted by Gasteiger charge is 2.30. The normalized spacial score (nSPS) is 12.7. The van der Waals surface area contributed by atoms with Gasteiger partial charge in [0.1, 0.15) is 5.82 Å². The van der Waals surface area contributed by atoms with Gasteiger partial charge in [0, 0.05) is 12.1 Å². The van der Waals surface area contributed by atoms with E-state index in [0.29, 0.717) is 0 Å². The van der Waals surface area contributed by atoms with E-state index < -0.39 is 29.6 Å². The van der Waals surface area contributed by atoms with Gasteiger partial charge >= 0.3 is 6.18 Å². The van der Waals surface area contributed by atoms with Crippen molar-refractivity contribution >= 4 is 5.91 Å². The molecule has 0 aliphatic heterocycles. The van der Waals surface area contributed by atoms with Crippen LogP contribution < -0.4 is 5.32 Å². The number of hydrogen-bond acceptors (Lipinski definition) is 2. The number of carbonyl (C=O) groups excluding carboxylic acids is 1. The first-order chi connectivity index (χ1) is 10.8. The molecule has 2 aromatic carbocycles. The highest BCUT2D eigenvalue weighted by Crippen LogP contribution is 2.29. The maximum atomic E-state index is 12.8. The summed E-state index contributed by atoms with van der Waals surface area (Å²) in [5.41, 5.74) is -0.354. The predicted octanol–water partition coefficient (Wildman–Crippen LogP) is 3.31. The number of aliphatic hydroxyl groups is 1. The summed E-state index contributed by atoms with van der Waals surface area (Å²) in [6.07, 6.45) is -5.60. The van der Waals surface area contributed by atoms with Gasteiger partial charge in [0.05, 0.1) is 11.7 Å². The van der Waals surface area contributed by atoms with Crippen molar-refractivity contribution in [3.05, 3.63) is 71.0 Å². The van der Waals surface area contributed by atoms with Crippen LogP contribution in [0.4, 0.5) is 17.6 Å². The van der Waals surface area contributed by atoms with Gasteiger partial charge in [-0.25, -0.2) is 4.39 Å². The maximum Gasteiger partial charge on any atom is 0.416 e. The number of benzene rings is 2. The Morgan fingerprint density at radius 3 is 2.13 bits per heavy atom. The first-order valence-corrected chi connectivity index (χ1v) is 6.66. The van der Waals surface area contributed by atoms with Crippen LogP contribution >= 0.6 is 0 Å². The zero-order valence-corrected chi connectivity index (χ0v) is 11.8. The molecule has 0 aliphatic rings. The molecule has 2 N–H and O–H groups in total. The molecule has 2 aromatic rings. The fourth-order valence-electron chi connectivity index (χ4n) is 1.90. The number of aliphatic hydroxyl groups excluding tert-OH is 1. The second-order valence-corrected chi connectivity index (χ2v) is 4.85. The van der Waals surface area contributed by atoms with Gasteiger partial charge in [-0.05, 0) is 42.0 Å². The highest BCUT2D eigenvalue weighted by atomic mass is 19.4. The van der Waals surface area contributed by atoms with Gasteiger partial charge in [0.2, 0.25) is 0 Å². The lowest BCUT2D eigenvalue weighted by Crippen LogP contribution is -2.28. The summed E-state index contributed by atoms with van der Waals surface area (Å²) in [7, 11) is 0. The molecule has 0 saturated heterocycles. The topological polar surface area (TPSA) is 49.3 Å². The van der Waals surface area contributed by atoms with E-state index in [1.54, 1.807) is 0 Å². The third-order valence-corrected chi connectivity index (χ3v) is 3.19. The molecule has 0 fully saturated rings. The number of alkyl halides is 3. The summed E-state index contributed by atoms with van der Waals surface area (Å²) >= 11 is 0. The Morgan fingerprint density at radius 2 is 1.61 bits per heavy atom. The third kappa shape index (κ3) is 4.53. The van der Waals surface area contributed by atoms with Crippen molar-refractivity contribution < 1.29 is 27.5 Å². The smallest absolute Gasteiger partial charge is 0.387 e. The van der Waals surface area contributed by atoms with E-state index in [1.165, 1.54) is 12.1 Å².